The van der Waals surface area contributed by atoms with E-state index in [1.807, 2.05) is 0 Å². The number of carbonyl (C=O) groups excluding carboxylic acids is 3. The molecule has 0 atom stereocenters. The Kier molecular flexibility index (Phi) is 7.23. The first-order chi connectivity index (χ1) is 18.2. The molecule has 2 aromatic carbocycles. The zero-order chi connectivity index (χ0) is 27.4. The number of nitro benzene ring substituents is 2. The number of furan rings is 1. The summed E-state index contributed by atoms with van der Waals surface area (Å²) in [7, 11) is 0. The largest absolute Gasteiger partial charge is 0.455 e. The van der Waals surface area contributed by atoms with Crippen LogP contribution in [0.4, 0.5) is 11.4 Å². The van der Waals surface area contributed by atoms with Gasteiger partial charge < -0.3 is 4.42 Å². The fraction of sp³-hybridized carbons (Fsp3) is 0.167. The van der Waals surface area contributed by atoms with E-state index in [1.54, 1.807) is 6.92 Å². The van der Waals surface area contributed by atoms with Crippen LogP contribution in [0.3, 0.4) is 0 Å². The van der Waals surface area contributed by atoms with Gasteiger partial charge in [-0.15, -0.1) is 0 Å². The van der Waals surface area contributed by atoms with Gasteiger partial charge in [0.2, 0.25) is 0 Å². The van der Waals surface area contributed by atoms with Crippen LogP contribution in [0.2, 0.25) is 0 Å². The Hall–Kier alpha value is -5.40. The Bertz CT molecular complexity index is 1510. The topological polar surface area (TPSA) is 199 Å². The number of hydrogen-bond donors (Lipinski definition) is 3. The molecule has 1 aromatic heterocycles. The summed E-state index contributed by atoms with van der Waals surface area (Å²) < 4.78 is 5.72. The highest BCUT2D eigenvalue weighted by molar-refractivity contribution is 6.07. The van der Waals surface area contributed by atoms with E-state index in [0.717, 1.165) is 6.07 Å². The molecule has 0 unspecified atom stereocenters. The van der Waals surface area contributed by atoms with Crippen molar-refractivity contribution in [1.29, 1.82) is 0 Å². The number of fused-ring (bicyclic) bond motifs is 1. The van der Waals surface area contributed by atoms with Crippen molar-refractivity contribution in [2.24, 2.45) is 5.10 Å². The summed E-state index contributed by atoms with van der Waals surface area (Å²) in [4.78, 5) is 58.5. The Morgan fingerprint density at radius 1 is 0.921 bits per heavy atom. The van der Waals surface area contributed by atoms with Gasteiger partial charge in [0.1, 0.15) is 11.3 Å². The van der Waals surface area contributed by atoms with Gasteiger partial charge in [-0.05, 0) is 31.9 Å². The number of hydrazone groups is 1. The second-order valence-corrected chi connectivity index (χ2v) is 8.20. The molecule has 0 bridgehead atoms. The number of aryl methyl sites for hydroxylation is 1. The zero-order valence-electron chi connectivity index (χ0n) is 19.8. The predicted molar refractivity (Wildman–Crippen MR) is 132 cm³/mol. The molecule has 38 heavy (non-hydrogen) atoms. The SMILES string of the molecule is Cc1c(C(=O)NNC(=O)c2ccccc2[N+](=O)[O-])oc2c1/C(=N/NC(=O)c1cccc([N+](=O)[O-])c1)CCC2. The molecular formula is C24H20N6O8. The lowest BCUT2D eigenvalue weighted by atomic mass is 9.93. The number of non-ortho nitro benzene ring substituents is 1. The summed E-state index contributed by atoms with van der Waals surface area (Å²) in [6.45, 7) is 1.62. The van der Waals surface area contributed by atoms with E-state index < -0.39 is 33.3 Å². The highest BCUT2D eigenvalue weighted by atomic mass is 16.6. The number of para-hydroxylation sites is 1. The van der Waals surface area contributed by atoms with Crippen molar-refractivity contribution >= 4 is 34.8 Å². The third-order valence-electron chi connectivity index (χ3n) is 5.78. The minimum atomic E-state index is -0.884. The Morgan fingerprint density at radius 3 is 2.39 bits per heavy atom. The second kappa shape index (κ2) is 10.7. The first-order valence-corrected chi connectivity index (χ1v) is 11.3. The maximum Gasteiger partial charge on any atom is 0.305 e. The zero-order valence-corrected chi connectivity index (χ0v) is 19.8. The van der Waals surface area contributed by atoms with Crippen molar-refractivity contribution in [1.82, 2.24) is 16.3 Å². The van der Waals surface area contributed by atoms with Gasteiger partial charge in [0, 0.05) is 41.3 Å². The smallest absolute Gasteiger partial charge is 0.305 e. The number of benzene rings is 2. The second-order valence-electron chi connectivity index (χ2n) is 8.20. The van der Waals surface area contributed by atoms with Crippen LogP contribution in [0.15, 0.2) is 58.0 Å². The Labute approximate surface area is 214 Å². The number of amides is 3. The van der Waals surface area contributed by atoms with Gasteiger partial charge in [-0.3, -0.25) is 45.5 Å². The number of nitrogens with one attached hydrogen (secondary N) is 3. The molecule has 194 valence electrons. The molecule has 0 saturated heterocycles. The highest BCUT2D eigenvalue weighted by Crippen LogP contribution is 2.30. The van der Waals surface area contributed by atoms with E-state index in [9.17, 15) is 34.6 Å². The predicted octanol–water partition coefficient (Wildman–Crippen LogP) is 2.95. The summed E-state index contributed by atoms with van der Waals surface area (Å²) in [5.74, 6) is -1.95. The van der Waals surface area contributed by atoms with Gasteiger partial charge >= 0.3 is 5.91 Å². The molecule has 0 radical (unpaired) electrons. The number of hydrazine groups is 1. The highest BCUT2D eigenvalue weighted by Gasteiger charge is 2.29. The molecule has 0 spiro atoms. The van der Waals surface area contributed by atoms with Crippen LogP contribution in [0, 0.1) is 27.2 Å². The van der Waals surface area contributed by atoms with E-state index in [0.29, 0.717) is 41.9 Å². The van der Waals surface area contributed by atoms with E-state index in [4.69, 9.17) is 4.42 Å². The summed E-state index contributed by atoms with van der Waals surface area (Å²) in [6.07, 6.45) is 1.60. The number of hydrogen-bond acceptors (Lipinski definition) is 9. The number of rotatable bonds is 6. The lowest BCUT2D eigenvalue weighted by Gasteiger charge is -2.13. The van der Waals surface area contributed by atoms with Crippen molar-refractivity contribution in [3.8, 4) is 0 Å². The number of nitro groups is 2. The molecule has 1 aliphatic carbocycles. The molecular weight excluding hydrogens is 500 g/mol. The van der Waals surface area contributed by atoms with Crippen LogP contribution in [0.5, 0.6) is 0 Å². The molecule has 3 aromatic rings. The standard InChI is InChI=1S/C24H20N6O8/c1-13-20-17(25-26-22(31)14-6-4-7-15(12-14)29(34)35)9-5-11-19(20)38-21(13)24(33)28-27-23(32)16-8-2-3-10-18(16)30(36)37/h2-4,6-8,10,12H,5,9,11H2,1H3,(H,26,31)(H,27,32)(H,28,33)/b25-17+. The Balaban J connectivity index is 1.49. The fourth-order valence-corrected chi connectivity index (χ4v) is 4.00. The third kappa shape index (κ3) is 5.23. The van der Waals surface area contributed by atoms with Crippen LogP contribution in [-0.2, 0) is 6.42 Å². The normalized spacial score (nSPS) is 13.3. The molecule has 0 saturated carbocycles. The number of carbonyl (C=O) groups is 3. The average Bonchev–Trinajstić information content (AvgIpc) is 3.27. The van der Waals surface area contributed by atoms with Crippen LogP contribution >= 0.6 is 0 Å². The minimum absolute atomic E-state index is 0.0537. The van der Waals surface area contributed by atoms with Crippen LogP contribution in [-0.4, -0.2) is 33.3 Å². The maximum atomic E-state index is 12.8. The summed E-state index contributed by atoms with van der Waals surface area (Å²) in [5, 5.41) is 26.3. The lowest BCUT2D eigenvalue weighted by molar-refractivity contribution is -0.385. The van der Waals surface area contributed by atoms with Gasteiger partial charge in [0.15, 0.2) is 5.76 Å². The molecule has 3 N–H and O–H groups in total. The fourth-order valence-electron chi connectivity index (χ4n) is 4.00. The minimum Gasteiger partial charge on any atom is -0.455 e. The van der Waals surface area contributed by atoms with Crippen molar-refractivity contribution in [2.45, 2.75) is 26.2 Å². The van der Waals surface area contributed by atoms with Gasteiger partial charge in [0.25, 0.3) is 23.2 Å². The van der Waals surface area contributed by atoms with Crippen molar-refractivity contribution in [3.63, 3.8) is 0 Å². The van der Waals surface area contributed by atoms with E-state index >= 15 is 0 Å². The molecule has 1 aliphatic rings. The van der Waals surface area contributed by atoms with E-state index in [-0.39, 0.29) is 22.6 Å². The van der Waals surface area contributed by atoms with E-state index in [1.165, 1.54) is 42.5 Å². The molecule has 0 fully saturated rings. The molecule has 0 aliphatic heterocycles. The molecule has 3 amide bonds. The first kappa shape index (κ1) is 25.7. The summed E-state index contributed by atoms with van der Waals surface area (Å²) >= 11 is 0. The maximum absolute atomic E-state index is 12.8. The third-order valence-corrected chi connectivity index (χ3v) is 5.78. The van der Waals surface area contributed by atoms with Crippen molar-refractivity contribution < 1.29 is 28.6 Å². The van der Waals surface area contributed by atoms with Gasteiger partial charge in [-0.1, -0.05) is 18.2 Å². The van der Waals surface area contributed by atoms with Crippen molar-refractivity contribution in [3.05, 3.63) is 103 Å². The van der Waals surface area contributed by atoms with Crippen LogP contribution < -0.4 is 16.3 Å². The Morgan fingerprint density at radius 2 is 1.66 bits per heavy atom. The molecule has 14 nitrogen and oxygen atoms in total. The first-order valence-electron chi connectivity index (χ1n) is 11.3. The van der Waals surface area contributed by atoms with Crippen LogP contribution in [0.1, 0.15) is 61.0 Å². The van der Waals surface area contributed by atoms with Gasteiger partial charge in [-0.25, -0.2) is 5.43 Å². The summed E-state index contributed by atoms with van der Waals surface area (Å²) in [6, 6.07) is 10.5. The molecule has 4 rings (SSSR count). The molecule has 1 heterocycles. The number of nitrogens with zero attached hydrogens (tertiary/aromatic N) is 3. The lowest BCUT2D eigenvalue weighted by Crippen LogP contribution is -2.42. The van der Waals surface area contributed by atoms with Crippen LogP contribution in [0.25, 0.3) is 0 Å². The van der Waals surface area contributed by atoms with Gasteiger partial charge in [0.05, 0.1) is 15.6 Å². The quantitative estimate of drug-likeness (QED) is 0.325. The van der Waals surface area contributed by atoms with E-state index in [2.05, 4.69) is 21.4 Å². The van der Waals surface area contributed by atoms with Crippen molar-refractivity contribution in [2.75, 3.05) is 0 Å². The summed E-state index contributed by atoms with van der Waals surface area (Å²) in [5.41, 5.74) is 7.29. The van der Waals surface area contributed by atoms with Gasteiger partial charge in [-0.2, -0.15) is 5.10 Å². The average molecular weight is 520 g/mol. The monoisotopic (exact) mass is 520 g/mol. The molecule has 14 heteroatoms.